The number of benzene rings is 1. The van der Waals surface area contributed by atoms with Crippen LogP contribution in [0, 0.1) is 18.8 Å². The van der Waals surface area contributed by atoms with Crippen LogP contribution >= 0.6 is 0 Å². The van der Waals surface area contributed by atoms with Gasteiger partial charge in [-0.25, -0.2) is 8.42 Å². The number of aliphatic hydroxyl groups excluding tert-OH is 1. The van der Waals surface area contributed by atoms with E-state index in [4.69, 9.17) is 9.84 Å². The van der Waals surface area contributed by atoms with Crippen molar-refractivity contribution in [1.29, 1.82) is 0 Å². The van der Waals surface area contributed by atoms with E-state index in [0.717, 1.165) is 11.1 Å². The van der Waals surface area contributed by atoms with E-state index in [1.54, 1.807) is 19.9 Å². The fourth-order valence-corrected chi connectivity index (χ4v) is 2.38. The van der Waals surface area contributed by atoms with Gasteiger partial charge in [-0.2, -0.15) is 0 Å². The fraction of sp³-hybridized carbons (Fsp3) is 0.500. The van der Waals surface area contributed by atoms with Crippen LogP contribution < -0.4 is 4.74 Å². The highest BCUT2D eigenvalue weighted by Gasteiger charge is 2.15. The highest BCUT2D eigenvalue weighted by Crippen LogP contribution is 2.17. The molecule has 0 saturated carbocycles. The van der Waals surface area contributed by atoms with Crippen molar-refractivity contribution in [3.05, 3.63) is 29.3 Å². The molecule has 5 heteroatoms. The van der Waals surface area contributed by atoms with Crippen molar-refractivity contribution in [3.8, 4) is 17.6 Å². The quantitative estimate of drug-likeness (QED) is 0.816. The third kappa shape index (κ3) is 5.78. The molecular weight excluding hydrogens is 288 g/mol. The fourth-order valence-electron chi connectivity index (χ4n) is 1.59. The standard InChI is InChI=1S/C16H22O4S/c1-13(2)21(18,19)11-10-20-16-8-7-15(14(3)12-16)6-4-5-9-17/h7-8,12-13,17H,5,9-11H2,1-3H3. The van der Waals surface area contributed by atoms with Crippen LogP contribution in [0.5, 0.6) is 5.75 Å². The van der Waals surface area contributed by atoms with Crippen molar-refractivity contribution in [2.75, 3.05) is 19.0 Å². The normalized spacial score (nSPS) is 11.1. The predicted molar refractivity (Wildman–Crippen MR) is 84.2 cm³/mol. The lowest BCUT2D eigenvalue weighted by Gasteiger charge is -2.10. The van der Waals surface area contributed by atoms with Gasteiger partial charge in [-0.1, -0.05) is 11.8 Å². The monoisotopic (exact) mass is 310 g/mol. The maximum Gasteiger partial charge on any atom is 0.155 e. The summed E-state index contributed by atoms with van der Waals surface area (Å²) in [5.74, 6) is 6.50. The van der Waals surface area contributed by atoms with Gasteiger partial charge in [0.25, 0.3) is 0 Å². The molecule has 0 atom stereocenters. The summed E-state index contributed by atoms with van der Waals surface area (Å²) in [7, 11) is -3.07. The lowest BCUT2D eigenvalue weighted by molar-refractivity contribution is 0.305. The minimum atomic E-state index is -3.07. The Kier molecular flexibility index (Phi) is 6.73. The summed E-state index contributed by atoms with van der Waals surface area (Å²) in [5.41, 5.74) is 1.84. The molecule has 0 unspecified atom stereocenters. The minimum absolute atomic E-state index is 0.0156. The Morgan fingerprint density at radius 2 is 2.05 bits per heavy atom. The van der Waals surface area contributed by atoms with E-state index in [1.807, 2.05) is 19.1 Å². The average Bonchev–Trinajstić information content (AvgIpc) is 2.41. The van der Waals surface area contributed by atoms with Gasteiger partial charge in [-0.15, -0.1) is 0 Å². The van der Waals surface area contributed by atoms with E-state index in [2.05, 4.69) is 11.8 Å². The molecule has 0 fully saturated rings. The van der Waals surface area contributed by atoms with Crippen molar-refractivity contribution in [1.82, 2.24) is 0 Å². The number of sulfone groups is 1. The number of aliphatic hydroxyl groups is 1. The largest absolute Gasteiger partial charge is 0.493 e. The Morgan fingerprint density at radius 1 is 1.33 bits per heavy atom. The molecule has 0 amide bonds. The van der Waals surface area contributed by atoms with E-state index >= 15 is 0 Å². The van der Waals surface area contributed by atoms with E-state index in [1.165, 1.54) is 0 Å². The third-order valence-corrected chi connectivity index (χ3v) is 5.18. The minimum Gasteiger partial charge on any atom is -0.493 e. The summed E-state index contributed by atoms with van der Waals surface area (Å²) in [6.45, 7) is 5.45. The van der Waals surface area contributed by atoms with Crippen molar-refractivity contribution < 1.29 is 18.3 Å². The molecule has 0 spiro atoms. The molecule has 0 radical (unpaired) electrons. The summed E-state index contributed by atoms with van der Waals surface area (Å²) < 4.78 is 28.8. The second kappa shape index (κ2) is 8.06. The topological polar surface area (TPSA) is 63.6 Å². The summed E-state index contributed by atoms with van der Waals surface area (Å²) in [6, 6.07) is 5.45. The number of ether oxygens (including phenoxy) is 1. The third-order valence-electron chi connectivity index (χ3n) is 3.01. The average molecular weight is 310 g/mol. The molecule has 0 aliphatic heterocycles. The second-order valence-corrected chi connectivity index (χ2v) is 7.69. The first-order valence-electron chi connectivity index (χ1n) is 6.91. The van der Waals surface area contributed by atoms with Crippen LogP contribution in [0.15, 0.2) is 18.2 Å². The van der Waals surface area contributed by atoms with Crippen LogP contribution in [0.2, 0.25) is 0 Å². The molecule has 4 nitrogen and oxygen atoms in total. The number of rotatable bonds is 6. The van der Waals surface area contributed by atoms with Gasteiger partial charge in [-0.3, -0.25) is 0 Å². The zero-order valence-corrected chi connectivity index (χ0v) is 13.5. The Hall–Kier alpha value is -1.51. The van der Waals surface area contributed by atoms with Gasteiger partial charge >= 0.3 is 0 Å². The molecule has 0 aliphatic carbocycles. The molecule has 0 bridgehead atoms. The van der Waals surface area contributed by atoms with Crippen LogP contribution in [0.3, 0.4) is 0 Å². The maximum atomic E-state index is 11.7. The first kappa shape index (κ1) is 17.5. The van der Waals surface area contributed by atoms with Gasteiger partial charge in [0.15, 0.2) is 9.84 Å². The van der Waals surface area contributed by atoms with Gasteiger partial charge < -0.3 is 9.84 Å². The molecule has 0 aliphatic rings. The van der Waals surface area contributed by atoms with Crippen LogP contribution in [0.4, 0.5) is 0 Å². The molecule has 21 heavy (non-hydrogen) atoms. The smallest absolute Gasteiger partial charge is 0.155 e. The van der Waals surface area contributed by atoms with Gasteiger partial charge in [-0.05, 0) is 44.5 Å². The number of hydrogen-bond acceptors (Lipinski definition) is 4. The van der Waals surface area contributed by atoms with Crippen molar-refractivity contribution in [3.63, 3.8) is 0 Å². The highest BCUT2D eigenvalue weighted by atomic mass is 32.2. The van der Waals surface area contributed by atoms with Gasteiger partial charge in [0.1, 0.15) is 12.4 Å². The maximum absolute atomic E-state index is 11.7. The summed E-state index contributed by atoms with van der Waals surface area (Å²) >= 11 is 0. The van der Waals surface area contributed by atoms with Crippen LogP contribution in [-0.4, -0.2) is 37.7 Å². The first-order chi connectivity index (χ1) is 9.86. The molecule has 0 heterocycles. The molecule has 1 aromatic carbocycles. The molecule has 0 saturated heterocycles. The summed E-state index contributed by atoms with van der Waals surface area (Å²) in [5, 5.41) is 8.31. The second-order valence-electron chi connectivity index (χ2n) is 5.02. The molecule has 116 valence electrons. The number of hydrogen-bond donors (Lipinski definition) is 1. The van der Waals surface area contributed by atoms with Gasteiger partial charge in [0.05, 0.1) is 17.6 Å². The summed E-state index contributed by atoms with van der Waals surface area (Å²) in [6.07, 6.45) is 0.449. The highest BCUT2D eigenvalue weighted by molar-refractivity contribution is 7.91. The molecular formula is C16H22O4S. The van der Waals surface area contributed by atoms with Crippen molar-refractivity contribution in [2.24, 2.45) is 0 Å². The van der Waals surface area contributed by atoms with E-state index < -0.39 is 9.84 Å². The predicted octanol–water partition coefficient (Wildman–Crippen LogP) is 1.93. The zero-order valence-electron chi connectivity index (χ0n) is 12.7. The van der Waals surface area contributed by atoms with E-state index in [0.29, 0.717) is 12.2 Å². The Labute approximate surface area is 127 Å². The van der Waals surface area contributed by atoms with Crippen molar-refractivity contribution in [2.45, 2.75) is 32.4 Å². The van der Waals surface area contributed by atoms with Crippen LogP contribution in [0.1, 0.15) is 31.4 Å². The Bertz CT molecular complexity index is 621. The lowest BCUT2D eigenvalue weighted by Crippen LogP contribution is -2.22. The molecule has 1 aromatic rings. The SMILES string of the molecule is Cc1cc(OCCS(=O)(=O)C(C)C)ccc1C#CCCO. The Balaban J connectivity index is 2.63. The summed E-state index contributed by atoms with van der Waals surface area (Å²) in [4.78, 5) is 0. The van der Waals surface area contributed by atoms with Crippen LogP contribution in [0.25, 0.3) is 0 Å². The lowest BCUT2D eigenvalue weighted by atomic mass is 10.1. The van der Waals surface area contributed by atoms with E-state index in [-0.39, 0.29) is 24.2 Å². The number of aryl methyl sites for hydroxylation is 1. The zero-order chi connectivity index (χ0) is 15.9. The molecule has 1 rings (SSSR count). The molecule has 1 N–H and O–H groups in total. The van der Waals surface area contributed by atoms with Crippen molar-refractivity contribution >= 4 is 9.84 Å². The molecule has 0 aromatic heterocycles. The Morgan fingerprint density at radius 3 is 2.62 bits per heavy atom. The van der Waals surface area contributed by atoms with Gasteiger partial charge in [0.2, 0.25) is 0 Å². The van der Waals surface area contributed by atoms with E-state index in [9.17, 15) is 8.42 Å². The van der Waals surface area contributed by atoms with Crippen LogP contribution in [-0.2, 0) is 9.84 Å². The first-order valence-corrected chi connectivity index (χ1v) is 8.63. The van der Waals surface area contributed by atoms with Gasteiger partial charge in [0, 0.05) is 12.0 Å².